The molecule has 98 valence electrons. The van der Waals surface area contributed by atoms with Crippen molar-refractivity contribution in [3.05, 3.63) is 59.1 Å². The van der Waals surface area contributed by atoms with Crippen molar-refractivity contribution in [2.75, 3.05) is 19.6 Å². The molecule has 0 aliphatic rings. The van der Waals surface area contributed by atoms with E-state index in [1.807, 2.05) is 4.90 Å². The van der Waals surface area contributed by atoms with Gasteiger partial charge in [0.15, 0.2) is 0 Å². The fourth-order valence-electron chi connectivity index (χ4n) is 1.70. The highest BCUT2D eigenvalue weighted by Gasteiger charge is 2.15. The van der Waals surface area contributed by atoms with Gasteiger partial charge in [0.25, 0.3) is 0 Å². The molecule has 0 saturated heterocycles. The third kappa shape index (κ3) is 4.46. The van der Waals surface area contributed by atoms with Gasteiger partial charge in [0.2, 0.25) is 0 Å². The Morgan fingerprint density at radius 2 is 1.83 bits per heavy atom. The first-order valence-corrected chi connectivity index (χ1v) is 6.41. The van der Waals surface area contributed by atoms with Crippen LogP contribution in [0.1, 0.15) is 11.7 Å². The van der Waals surface area contributed by atoms with E-state index in [1.54, 1.807) is 30.4 Å². The molecule has 0 aliphatic heterocycles. The predicted molar refractivity (Wildman–Crippen MR) is 78.3 cm³/mol. The Morgan fingerprint density at radius 1 is 1.22 bits per heavy atom. The van der Waals surface area contributed by atoms with E-state index >= 15 is 0 Å². The highest BCUT2D eigenvalue weighted by Crippen LogP contribution is 2.26. The molecule has 0 spiro atoms. The molecule has 0 fully saturated rings. The molecule has 2 nitrogen and oxygen atoms in total. The maximum absolute atomic E-state index is 10.2. The number of aliphatic hydroxyl groups excluding tert-OH is 1. The van der Waals surface area contributed by atoms with E-state index in [-0.39, 0.29) is 0 Å². The van der Waals surface area contributed by atoms with Crippen LogP contribution in [0.5, 0.6) is 0 Å². The standard InChI is InChI=1S/C14H17Cl2NO/c1-3-7-17(8-4-2)10-14(18)12-9-11(15)5-6-13(12)16/h3-6,9,14,18H,1-2,7-8,10H2. The molecule has 0 saturated carbocycles. The van der Waals surface area contributed by atoms with E-state index in [9.17, 15) is 5.11 Å². The summed E-state index contributed by atoms with van der Waals surface area (Å²) in [4.78, 5) is 2.02. The maximum Gasteiger partial charge on any atom is 0.0932 e. The highest BCUT2D eigenvalue weighted by atomic mass is 35.5. The van der Waals surface area contributed by atoms with Crippen molar-refractivity contribution in [2.45, 2.75) is 6.10 Å². The van der Waals surface area contributed by atoms with Crippen molar-refractivity contribution < 1.29 is 5.11 Å². The Morgan fingerprint density at radius 3 is 2.39 bits per heavy atom. The lowest BCUT2D eigenvalue weighted by atomic mass is 10.1. The number of halogens is 2. The lowest BCUT2D eigenvalue weighted by molar-refractivity contribution is 0.125. The van der Waals surface area contributed by atoms with E-state index in [0.29, 0.717) is 35.2 Å². The van der Waals surface area contributed by atoms with E-state index in [4.69, 9.17) is 23.2 Å². The van der Waals surface area contributed by atoms with Crippen molar-refractivity contribution in [2.24, 2.45) is 0 Å². The summed E-state index contributed by atoms with van der Waals surface area (Å²) in [5, 5.41) is 11.3. The lowest BCUT2D eigenvalue weighted by Gasteiger charge is -2.23. The van der Waals surface area contributed by atoms with Gasteiger partial charge in [-0.05, 0) is 18.2 Å². The molecule has 0 heterocycles. The maximum atomic E-state index is 10.2. The minimum atomic E-state index is -0.684. The first kappa shape index (κ1) is 15.3. The molecule has 0 aromatic heterocycles. The van der Waals surface area contributed by atoms with Gasteiger partial charge in [-0.15, -0.1) is 13.2 Å². The van der Waals surface area contributed by atoms with Crippen LogP contribution in [0.15, 0.2) is 43.5 Å². The van der Waals surface area contributed by atoms with E-state index in [1.165, 1.54) is 0 Å². The van der Waals surface area contributed by atoms with Gasteiger partial charge in [0.05, 0.1) is 6.10 Å². The molecule has 1 rings (SSSR count). The SMILES string of the molecule is C=CCN(CC=C)CC(O)c1cc(Cl)ccc1Cl. The average Bonchev–Trinajstić information content (AvgIpc) is 2.33. The number of hydrogen-bond donors (Lipinski definition) is 1. The molecule has 1 aromatic rings. The normalized spacial score (nSPS) is 12.4. The molecule has 18 heavy (non-hydrogen) atoms. The molecule has 4 heteroatoms. The van der Waals surface area contributed by atoms with Crippen molar-refractivity contribution in [3.63, 3.8) is 0 Å². The van der Waals surface area contributed by atoms with Crippen LogP contribution in [0, 0.1) is 0 Å². The van der Waals surface area contributed by atoms with Gasteiger partial charge in [-0.25, -0.2) is 0 Å². The molecular formula is C14H17Cl2NO. The molecular weight excluding hydrogens is 269 g/mol. The predicted octanol–water partition coefficient (Wildman–Crippen LogP) is 3.70. The molecule has 0 bridgehead atoms. The minimum absolute atomic E-state index is 0.456. The van der Waals surface area contributed by atoms with Crippen LogP contribution in [0.25, 0.3) is 0 Å². The Hall–Kier alpha value is -0.800. The van der Waals surface area contributed by atoms with E-state index < -0.39 is 6.10 Å². The van der Waals surface area contributed by atoms with Crippen LogP contribution in [0.2, 0.25) is 10.0 Å². The largest absolute Gasteiger partial charge is 0.387 e. The average molecular weight is 286 g/mol. The monoisotopic (exact) mass is 285 g/mol. The summed E-state index contributed by atoms with van der Waals surface area (Å²) in [7, 11) is 0. The second kappa shape index (κ2) is 7.59. The van der Waals surface area contributed by atoms with Crippen LogP contribution in [-0.2, 0) is 0 Å². The lowest BCUT2D eigenvalue weighted by Crippen LogP contribution is -2.29. The van der Waals surface area contributed by atoms with Crippen LogP contribution >= 0.6 is 23.2 Å². The fraction of sp³-hybridized carbons (Fsp3) is 0.286. The van der Waals surface area contributed by atoms with Gasteiger partial charge in [-0.2, -0.15) is 0 Å². The van der Waals surface area contributed by atoms with Crippen molar-refractivity contribution >= 4 is 23.2 Å². The van der Waals surface area contributed by atoms with Crippen molar-refractivity contribution in [3.8, 4) is 0 Å². The first-order valence-electron chi connectivity index (χ1n) is 5.65. The topological polar surface area (TPSA) is 23.5 Å². The van der Waals surface area contributed by atoms with Gasteiger partial charge >= 0.3 is 0 Å². The number of nitrogens with zero attached hydrogens (tertiary/aromatic N) is 1. The summed E-state index contributed by atoms with van der Waals surface area (Å²) in [6.45, 7) is 9.20. The summed E-state index contributed by atoms with van der Waals surface area (Å²) in [5.74, 6) is 0. The van der Waals surface area contributed by atoms with Crippen LogP contribution in [-0.4, -0.2) is 29.6 Å². The Balaban J connectivity index is 2.78. The number of benzene rings is 1. The third-order valence-corrected chi connectivity index (χ3v) is 3.10. The van der Waals surface area contributed by atoms with Gasteiger partial charge < -0.3 is 5.11 Å². The zero-order valence-electron chi connectivity index (χ0n) is 10.1. The van der Waals surface area contributed by atoms with Gasteiger partial charge in [0, 0.05) is 35.2 Å². The van der Waals surface area contributed by atoms with Crippen LogP contribution in [0.3, 0.4) is 0 Å². The van der Waals surface area contributed by atoms with E-state index in [0.717, 1.165) is 0 Å². The summed E-state index contributed by atoms with van der Waals surface area (Å²) in [6, 6.07) is 5.08. The Kier molecular flexibility index (Phi) is 6.44. The van der Waals surface area contributed by atoms with Crippen molar-refractivity contribution in [1.82, 2.24) is 4.90 Å². The molecule has 1 N–H and O–H groups in total. The molecule has 1 atom stereocenters. The first-order chi connectivity index (χ1) is 8.58. The molecule has 0 aliphatic carbocycles. The number of rotatable bonds is 7. The fourth-order valence-corrected chi connectivity index (χ4v) is 2.13. The second-order valence-corrected chi connectivity index (χ2v) is 4.82. The summed E-state index contributed by atoms with van der Waals surface area (Å²) in [5.41, 5.74) is 0.641. The quantitative estimate of drug-likeness (QED) is 0.772. The van der Waals surface area contributed by atoms with Crippen molar-refractivity contribution in [1.29, 1.82) is 0 Å². The molecule has 0 radical (unpaired) electrons. The second-order valence-electron chi connectivity index (χ2n) is 3.98. The van der Waals surface area contributed by atoms with Gasteiger partial charge in [0.1, 0.15) is 0 Å². The Bertz CT molecular complexity index is 410. The Labute approximate surface area is 118 Å². The number of aliphatic hydroxyl groups is 1. The molecule has 1 aromatic carbocycles. The minimum Gasteiger partial charge on any atom is -0.387 e. The highest BCUT2D eigenvalue weighted by molar-refractivity contribution is 6.33. The van der Waals surface area contributed by atoms with Gasteiger partial charge in [-0.1, -0.05) is 35.4 Å². The van der Waals surface area contributed by atoms with E-state index in [2.05, 4.69) is 13.2 Å². The molecule has 1 unspecified atom stereocenters. The number of hydrogen-bond acceptors (Lipinski definition) is 2. The van der Waals surface area contributed by atoms with Crippen LogP contribution < -0.4 is 0 Å². The summed E-state index contributed by atoms with van der Waals surface area (Å²) >= 11 is 12.0. The van der Waals surface area contributed by atoms with Gasteiger partial charge in [-0.3, -0.25) is 4.90 Å². The third-order valence-electron chi connectivity index (χ3n) is 2.52. The summed E-state index contributed by atoms with van der Waals surface area (Å²) < 4.78 is 0. The zero-order valence-corrected chi connectivity index (χ0v) is 11.7. The smallest absolute Gasteiger partial charge is 0.0932 e. The zero-order chi connectivity index (χ0) is 13.5. The van der Waals surface area contributed by atoms with Crippen LogP contribution in [0.4, 0.5) is 0 Å². The summed E-state index contributed by atoms with van der Waals surface area (Å²) in [6.07, 6.45) is 2.89. The molecule has 0 amide bonds.